The molecule has 3 rings (SSSR count). The van der Waals surface area contributed by atoms with Gasteiger partial charge in [0.25, 0.3) is 0 Å². The third kappa shape index (κ3) is 2.40. The van der Waals surface area contributed by atoms with Crippen LogP contribution in [-0.2, 0) is 11.2 Å². The Morgan fingerprint density at radius 3 is 2.79 bits per heavy atom. The van der Waals surface area contributed by atoms with E-state index in [0.717, 1.165) is 37.8 Å². The van der Waals surface area contributed by atoms with E-state index in [0.29, 0.717) is 6.04 Å². The molecule has 0 bridgehead atoms. The Bertz CT molecular complexity index is 474. The van der Waals surface area contributed by atoms with Gasteiger partial charge in [-0.2, -0.15) is 5.10 Å². The number of carbonyl (C=O) groups excluding carboxylic acids is 1. The van der Waals surface area contributed by atoms with Crippen molar-refractivity contribution in [2.75, 3.05) is 0 Å². The number of hydrogen-bond donors (Lipinski definition) is 1. The number of fused-ring (bicyclic) bond motifs is 1. The molecule has 0 radical (unpaired) electrons. The predicted molar refractivity (Wildman–Crippen MR) is 73.8 cm³/mol. The van der Waals surface area contributed by atoms with Crippen molar-refractivity contribution >= 4 is 5.91 Å². The fourth-order valence-electron chi connectivity index (χ4n) is 2.93. The molecule has 0 aromatic carbocycles. The molecule has 1 aromatic rings. The van der Waals surface area contributed by atoms with Crippen molar-refractivity contribution in [1.82, 2.24) is 15.1 Å². The van der Waals surface area contributed by atoms with Crippen LogP contribution in [0.3, 0.4) is 0 Å². The second-order valence-corrected chi connectivity index (χ2v) is 6.19. The minimum Gasteiger partial charge on any atom is -0.347 e. The van der Waals surface area contributed by atoms with Crippen LogP contribution in [0.15, 0.2) is 6.20 Å². The van der Waals surface area contributed by atoms with E-state index in [1.165, 1.54) is 12.0 Å². The van der Waals surface area contributed by atoms with Crippen LogP contribution in [0.1, 0.15) is 69.3 Å². The van der Waals surface area contributed by atoms with E-state index in [9.17, 15) is 4.79 Å². The van der Waals surface area contributed by atoms with E-state index in [2.05, 4.69) is 30.5 Å². The van der Waals surface area contributed by atoms with Crippen molar-refractivity contribution in [3.63, 3.8) is 0 Å². The van der Waals surface area contributed by atoms with Gasteiger partial charge in [0.2, 0.25) is 5.91 Å². The summed E-state index contributed by atoms with van der Waals surface area (Å²) in [7, 11) is 0. The molecule has 1 unspecified atom stereocenters. The van der Waals surface area contributed by atoms with Crippen LogP contribution in [-0.4, -0.2) is 15.7 Å². The number of nitrogens with one attached hydrogen (secondary N) is 1. The van der Waals surface area contributed by atoms with Gasteiger partial charge in [0.05, 0.1) is 11.7 Å². The van der Waals surface area contributed by atoms with Crippen molar-refractivity contribution in [1.29, 1.82) is 0 Å². The molecular weight excluding hydrogens is 238 g/mol. The smallest absolute Gasteiger partial charge is 0.223 e. The van der Waals surface area contributed by atoms with Crippen molar-refractivity contribution in [3.8, 4) is 0 Å². The molecule has 1 heterocycles. The van der Waals surface area contributed by atoms with Crippen LogP contribution >= 0.6 is 0 Å². The van der Waals surface area contributed by atoms with E-state index in [1.807, 2.05) is 4.68 Å². The lowest BCUT2D eigenvalue weighted by Gasteiger charge is -2.28. The lowest BCUT2D eigenvalue weighted by atomic mass is 9.84. The second kappa shape index (κ2) is 4.99. The molecule has 4 heteroatoms. The second-order valence-electron chi connectivity index (χ2n) is 6.19. The van der Waals surface area contributed by atoms with Gasteiger partial charge in [0, 0.05) is 18.2 Å². The Morgan fingerprint density at radius 2 is 2.16 bits per heavy atom. The molecule has 0 spiro atoms. The molecule has 104 valence electrons. The number of hydrogen-bond acceptors (Lipinski definition) is 2. The summed E-state index contributed by atoms with van der Waals surface area (Å²) in [6, 6.07) is 0.519. The molecule has 2 aliphatic rings. The first-order valence-electron chi connectivity index (χ1n) is 7.53. The summed E-state index contributed by atoms with van der Waals surface area (Å²) in [4.78, 5) is 12.1. The first-order valence-corrected chi connectivity index (χ1v) is 7.53. The number of amides is 1. The Labute approximate surface area is 114 Å². The standard InChI is InChI=1S/C15H23N3O/c1-10(2)18-9-12-7-4-8-13(14(12)17-18)16-15(19)11-5-3-6-11/h9-11,13H,3-8H2,1-2H3,(H,16,19). The van der Waals surface area contributed by atoms with Gasteiger partial charge in [0.15, 0.2) is 0 Å². The molecule has 1 aromatic heterocycles. The number of aromatic nitrogens is 2. The summed E-state index contributed by atoms with van der Waals surface area (Å²) in [5, 5.41) is 7.90. The predicted octanol–water partition coefficient (Wildman–Crippen LogP) is 2.76. The summed E-state index contributed by atoms with van der Waals surface area (Å²) in [6.07, 6.45) is 8.75. The Kier molecular flexibility index (Phi) is 3.33. The molecule has 19 heavy (non-hydrogen) atoms. The third-order valence-electron chi connectivity index (χ3n) is 4.43. The van der Waals surface area contributed by atoms with E-state index in [4.69, 9.17) is 0 Å². The lowest BCUT2D eigenvalue weighted by molar-refractivity contribution is -0.128. The van der Waals surface area contributed by atoms with Crippen molar-refractivity contribution in [2.24, 2.45) is 5.92 Å². The fourth-order valence-corrected chi connectivity index (χ4v) is 2.93. The highest BCUT2D eigenvalue weighted by molar-refractivity contribution is 5.79. The van der Waals surface area contributed by atoms with E-state index >= 15 is 0 Å². The number of carbonyl (C=O) groups is 1. The topological polar surface area (TPSA) is 46.9 Å². The molecule has 1 amide bonds. The highest BCUT2D eigenvalue weighted by Gasteiger charge is 2.30. The maximum absolute atomic E-state index is 12.1. The van der Waals surface area contributed by atoms with Crippen LogP contribution < -0.4 is 5.32 Å². The average molecular weight is 261 g/mol. The summed E-state index contributed by atoms with van der Waals surface area (Å²) in [5.74, 6) is 0.501. The van der Waals surface area contributed by atoms with Crippen molar-refractivity contribution in [2.45, 2.75) is 64.5 Å². The molecule has 0 aliphatic heterocycles. The number of nitrogens with zero attached hydrogens (tertiary/aromatic N) is 2. The zero-order valence-corrected chi connectivity index (χ0v) is 11.9. The molecule has 0 saturated heterocycles. The molecule has 1 fully saturated rings. The first kappa shape index (κ1) is 12.7. The average Bonchev–Trinajstić information content (AvgIpc) is 2.71. The number of rotatable bonds is 3. The van der Waals surface area contributed by atoms with Crippen LogP contribution in [0.25, 0.3) is 0 Å². The van der Waals surface area contributed by atoms with Gasteiger partial charge in [-0.15, -0.1) is 0 Å². The van der Waals surface area contributed by atoms with Gasteiger partial charge < -0.3 is 5.32 Å². The quantitative estimate of drug-likeness (QED) is 0.909. The zero-order valence-electron chi connectivity index (χ0n) is 11.9. The molecule has 1 saturated carbocycles. The lowest BCUT2D eigenvalue weighted by Crippen LogP contribution is -2.38. The summed E-state index contributed by atoms with van der Waals surface area (Å²) in [5.41, 5.74) is 2.42. The van der Waals surface area contributed by atoms with Crippen molar-refractivity contribution < 1.29 is 4.79 Å². The highest BCUT2D eigenvalue weighted by atomic mass is 16.2. The SMILES string of the molecule is CC(C)n1cc2c(n1)C(NC(=O)C1CCC1)CCC2. The minimum atomic E-state index is 0.136. The Morgan fingerprint density at radius 1 is 1.37 bits per heavy atom. The van der Waals surface area contributed by atoms with E-state index < -0.39 is 0 Å². The maximum Gasteiger partial charge on any atom is 0.223 e. The van der Waals surface area contributed by atoms with Crippen LogP contribution in [0.5, 0.6) is 0 Å². The zero-order chi connectivity index (χ0) is 13.4. The molecular formula is C15H23N3O. The largest absolute Gasteiger partial charge is 0.347 e. The van der Waals surface area contributed by atoms with Gasteiger partial charge in [-0.25, -0.2) is 0 Å². The summed E-state index contributed by atoms with van der Waals surface area (Å²) < 4.78 is 2.03. The Balaban J connectivity index is 1.75. The highest BCUT2D eigenvalue weighted by Crippen LogP contribution is 2.32. The van der Waals surface area contributed by atoms with Gasteiger partial charge in [0.1, 0.15) is 0 Å². The third-order valence-corrected chi connectivity index (χ3v) is 4.43. The van der Waals surface area contributed by atoms with Gasteiger partial charge >= 0.3 is 0 Å². The van der Waals surface area contributed by atoms with Crippen molar-refractivity contribution in [3.05, 3.63) is 17.5 Å². The monoisotopic (exact) mass is 261 g/mol. The van der Waals surface area contributed by atoms with Crippen LogP contribution in [0.2, 0.25) is 0 Å². The van der Waals surface area contributed by atoms with E-state index in [1.54, 1.807) is 0 Å². The summed E-state index contributed by atoms with van der Waals surface area (Å²) in [6.45, 7) is 4.28. The van der Waals surface area contributed by atoms with Gasteiger partial charge in [-0.05, 0) is 51.5 Å². The normalized spacial score (nSPS) is 23.0. The van der Waals surface area contributed by atoms with Crippen LogP contribution in [0.4, 0.5) is 0 Å². The summed E-state index contributed by atoms with van der Waals surface area (Å²) >= 11 is 0. The van der Waals surface area contributed by atoms with Gasteiger partial charge in [-0.1, -0.05) is 6.42 Å². The molecule has 4 nitrogen and oxygen atoms in total. The minimum absolute atomic E-state index is 0.136. The Hall–Kier alpha value is -1.32. The van der Waals surface area contributed by atoms with Gasteiger partial charge in [-0.3, -0.25) is 9.48 Å². The maximum atomic E-state index is 12.1. The fraction of sp³-hybridized carbons (Fsp3) is 0.733. The number of aryl methyl sites for hydroxylation is 1. The van der Waals surface area contributed by atoms with Crippen LogP contribution in [0, 0.1) is 5.92 Å². The molecule has 1 N–H and O–H groups in total. The molecule has 2 aliphatic carbocycles. The van der Waals surface area contributed by atoms with E-state index in [-0.39, 0.29) is 17.9 Å². The first-order chi connectivity index (χ1) is 9.15. The molecule has 1 atom stereocenters.